The van der Waals surface area contributed by atoms with Crippen LogP contribution >= 0.6 is 35.1 Å². The van der Waals surface area contributed by atoms with Gasteiger partial charge in [0.2, 0.25) is 11.5 Å². The van der Waals surface area contributed by atoms with Gasteiger partial charge in [0.15, 0.2) is 5.13 Å². The molecule has 0 spiro atoms. The van der Waals surface area contributed by atoms with Gasteiger partial charge >= 0.3 is 5.97 Å². The van der Waals surface area contributed by atoms with E-state index in [1.807, 2.05) is 19.5 Å². The number of nitrogen functional groups attached to an aromatic ring is 1. The molecule has 4 N–H and O–H groups in total. The van der Waals surface area contributed by atoms with Crippen LogP contribution in [0.4, 0.5) is 5.13 Å². The lowest BCUT2D eigenvalue weighted by Gasteiger charge is -2.49. The molecule has 1 fully saturated rings. The molecule has 1 aromatic rings. The molecule has 2 aliphatic heterocycles. The number of β-lactam (4-membered cyclic amide) rings is 1. The first-order valence-corrected chi connectivity index (χ1v) is 13.1. The number of nitrogens with zero attached hydrogens (tertiary/aromatic N) is 5. The molecule has 0 aliphatic carbocycles. The van der Waals surface area contributed by atoms with Gasteiger partial charge in [-0.05, 0) is 38.1 Å². The fourth-order valence-electron chi connectivity index (χ4n) is 3.06. The van der Waals surface area contributed by atoms with E-state index in [1.165, 1.54) is 16.7 Å². The van der Waals surface area contributed by atoms with Gasteiger partial charge in [0.1, 0.15) is 23.7 Å². The Hall–Kier alpha value is -2.62. The highest BCUT2D eigenvalue weighted by Crippen LogP contribution is 2.40. The number of oxime groups is 1. The molecule has 34 heavy (non-hydrogen) atoms. The van der Waals surface area contributed by atoms with Crippen molar-refractivity contribution in [1.29, 1.82) is 0 Å². The van der Waals surface area contributed by atoms with Crippen LogP contribution in [0.5, 0.6) is 0 Å². The van der Waals surface area contributed by atoms with Gasteiger partial charge in [0, 0.05) is 29.6 Å². The van der Waals surface area contributed by atoms with E-state index in [2.05, 4.69) is 24.7 Å². The summed E-state index contributed by atoms with van der Waals surface area (Å²) in [5.41, 5.74) is 5.86. The van der Waals surface area contributed by atoms with E-state index < -0.39 is 29.2 Å². The number of carbonyl (C=O) groups is 3. The van der Waals surface area contributed by atoms with Gasteiger partial charge in [-0.2, -0.15) is 9.36 Å². The third-order valence-corrected chi connectivity index (χ3v) is 7.25. The van der Waals surface area contributed by atoms with Gasteiger partial charge < -0.3 is 25.9 Å². The molecular formula is C19H25N7O5S3. The molecule has 184 valence electrons. The van der Waals surface area contributed by atoms with Gasteiger partial charge in [-0.25, -0.2) is 4.79 Å². The Bertz CT molecular complexity index is 1040. The standard InChI is InChI=1S/C19H25N7O5S3/c1-4-31-23-11(14-22-19(20)34-24-14)15(27)21-12-16(28)26-13(18(29)30)10(9-33-17(12)26)5-7-32-8-6-25(2)3/h5,7,12,17H,4,6,8-9H2,1-3H3,(H,21,27)(H,29,30)(H2,20,22,24)/t12?,17-/m0/s1. The highest BCUT2D eigenvalue weighted by atomic mass is 32.2. The van der Waals surface area contributed by atoms with Crippen molar-refractivity contribution in [1.82, 2.24) is 24.5 Å². The van der Waals surface area contributed by atoms with Crippen molar-refractivity contribution in [2.75, 3.05) is 44.5 Å². The number of hydrogen-bond donors (Lipinski definition) is 3. The maximum atomic E-state index is 12.9. The van der Waals surface area contributed by atoms with Gasteiger partial charge in [-0.3, -0.25) is 14.5 Å². The second-order valence-corrected chi connectivity index (χ2v) is 10.2. The van der Waals surface area contributed by atoms with Crippen LogP contribution in [0.3, 0.4) is 0 Å². The molecular weight excluding hydrogens is 502 g/mol. The summed E-state index contributed by atoms with van der Waals surface area (Å²) in [6.45, 7) is 2.79. The monoisotopic (exact) mass is 527 g/mol. The van der Waals surface area contributed by atoms with Crippen molar-refractivity contribution in [3.63, 3.8) is 0 Å². The van der Waals surface area contributed by atoms with Crippen molar-refractivity contribution in [3.05, 3.63) is 28.6 Å². The fraction of sp³-hybridized carbons (Fsp3) is 0.474. The Morgan fingerprint density at radius 1 is 1.47 bits per heavy atom. The Kier molecular flexibility index (Phi) is 8.93. The van der Waals surface area contributed by atoms with Gasteiger partial charge in [-0.1, -0.05) is 5.16 Å². The maximum absolute atomic E-state index is 12.9. The van der Waals surface area contributed by atoms with Crippen LogP contribution in [-0.2, 0) is 19.2 Å². The van der Waals surface area contributed by atoms with E-state index >= 15 is 0 Å². The van der Waals surface area contributed by atoms with Crippen LogP contribution in [0.1, 0.15) is 12.7 Å². The summed E-state index contributed by atoms with van der Waals surface area (Å²) in [7, 11) is 3.96. The van der Waals surface area contributed by atoms with E-state index in [0.29, 0.717) is 11.3 Å². The zero-order valence-corrected chi connectivity index (χ0v) is 21.2. The largest absolute Gasteiger partial charge is 0.477 e. The van der Waals surface area contributed by atoms with Crippen LogP contribution < -0.4 is 11.1 Å². The fourth-order valence-corrected chi connectivity index (χ4v) is 5.68. The minimum absolute atomic E-state index is 0.0151. The lowest BCUT2D eigenvalue weighted by molar-refractivity contribution is -0.150. The quantitative estimate of drug-likeness (QED) is 0.158. The highest BCUT2D eigenvalue weighted by Gasteiger charge is 2.54. The number of carbonyl (C=O) groups excluding carboxylic acids is 2. The first-order valence-electron chi connectivity index (χ1n) is 10.2. The molecule has 3 heterocycles. The van der Waals surface area contributed by atoms with E-state index in [1.54, 1.807) is 24.8 Å². The number of thioether (sulfide) groups is 2. The Balaban J connectivity index is 1.72. The number of amides is 2. The number of anilines is 1. The molecule has 1 unspecified atom stereocenters. The number of rotatable bonds is 11. The summed E-state index contributed by atoms with van der Waals surface area (Å²) in [5, 5.41) is 17.6. The summed E-state index contributed by atoms with van der Waals surface area (Å²) in [6, 6.07) is -0.922. The van der Waals surface area contributed by atoms with Crippen molar-refractivity contribution >= 4 is 63.7 Å². The lowest BCUT2D eigenvalue weighted by atomic mass is 10.0. The smallest absolute Gasteiger partial charge is 0.352 e. The SMILES string of the molecule is CCON=C(C(=O)NC1C(=O)N2C(C(=O)O)=C(C=CSCCN(C)C)CS[C@@H]12)c1nsc(N)n1. The van der Waals surface area contributed by atoms with E-state index in [0.717, 1.165) is 23.8 Å². The Morgan fingerprint density at radius 2 is 2.24 bits per heavy atom. The zero-order valence-electron chi connectivity index (χ0n) is 18.8. The van der Waals surface area contributed by atoms with E-state index in [-0.39, 0.29) is 29.0 Å². The van der Waals surface area contributed by atoms with Crippen LogP contribution in [0, 0.1) is 0 Å². The third kappa shape index (κ3) is 5.89. The molecule has 2 aliphatic rings. The average molecular weight is 528 g/mol. The molecule has 0 aromatic carbocycles. The molecule has 0 bridgehead atoms. The summed E-state index contributed by atoms with van der Waals surface area (Å²) < 4.78 is 3.97. The number of aliphatic carboxylic acids is 1. The van der Waals surface area contributed by atoms with Crippen LogP contribution in [0.2, 0.25) is 0 Å². The minimum atomic E-state index is -1.19. The predicted molar refractivity (Wildman–Crippen MR) is 132 cm³/mol. The van der Waals surface area contributed by atoms with Gasteiger partial charge in [0.05, 0.1) is 0 Å². The van der Waals surface area contributed by atoms with Crippen molar-refractivity contribution in [3.8, 4) is 0 Å². The summed E-state index contributed by atoms with van der Waals surface area (Å²) in [5.74, 6) is -1.20. The number of hydrogen-bond acceptors (Lipinski definition) is 12. The number of carboxylic acid groups (broad SMARTS) is 1. The molecule has 12 nitrogen and oxygen atoms in total. The summed E-state index contributed by atoms with van der Waals surface area (Å²) in [6.07, 6.45) is 1.73. The molecule has 1 aromatic heterocycles. The molecule has 2 amide bonds. The highest BCUT2D eigenvalue weighted by molar-refractivity contribution is 8.02. The van der Waals surface area contributed by atoms with Crippen LogP contribution in [0.25, 0.3) is 0 Å². The second kappa shape index (κ2) is 11.7. The molecule has 1 saturated heterocycles. The first-order chi connectivity index (χ1) is 16.2. The zero-order chi connectivity index (χ0) is 24.8. The average Bonchev–Trinajstić information content (AvgIpc) is 3.22. The minimum Gasteiger partial charge on any atom is -0.477 e. The van der Waals surface area contributed by atoms with Crippen molar-refractivity contribution in [2.24, 2.45) is 5.16 Å². The number of fused-ring (bicyclic) bond motifs is 1. The Morgan fingerprint density at radius 3 is 2.85 bits per heavy atom. The van der Waals surface area contributed by atoms with Crippen molar-refractivity contribution < 1.29 is 24.3 Å². The molecule has 15 heteroatoms. The molecule has 0 radical (unpaired) electrons. The predicted octanol–water partition coefficient (Wildman–Crippen LogP) is 0.408. The number of carboxylic acids is 1. The topological polar surface area (TPSA) is 163 Å². The van der Waals surface area contributed by atoms with Crippen LogP contribution in [-0.4, -0.2) is 97.9 Å². The van der Waals surface area contributed by atoms with E-state index in [4.69, 9.17) is 10.6 Å². The Labute approximate surface area is 208 Å². The summed E-state index contributed by atoms with van der Waals surface area (Å²) >= 11 is 3.83. The lowest BCUT2D eigenvalue weighted by Crippen LogP contribution is -2.71. The number of nitrogens with one attached hydrogen (secondary N) is 1. The molecule has 3 rings (SSSR count). The van der Waals surface area contributed by atoms with Crippen molar-refractivity contribution in [2.45, 2.75) is 18.3 Å². The molecule has 0 saturated carbocycles. The van der Waals surface area contributed by atoms with Crippen LogP contribution in [0.15, 0.2) is 27.9 Å². The summed E-state index contributed by atoms with van der Waals surface area (Å²) in [4.78, 5) is 49.9. The molecule has 2 atom stereocenters. The van der Waals surface area contributed by atoms with E-state index in [9.17, 15) is 19.5 Å². The number of allylic oxidation sites excluding steroid dienone is 1. The number of aromatic nitrogens is 2. The van der Waals surface area contributed by atoms with Gasteiger partial charge in [0.25, 0.3) is 11.8 Å². The van der Waals surface area contributed by atoms with Gasteiger partial charge in [-0.15, -0.1) is 23.5 Å². The number of nitrogens with two attached hydrogens (primary N) is 1. The first kappa shape index (κ1) is 26.0. The maximum Gasteiger partial charge on any atom is 0.352 e. The third-order valence-electron chi connectivity index (χ3n) is 4.66. The normalized spacial score (nSPS) is 20.5. The second-order valence-electron chi connectivity index (χ2n) is 7.33.